The topological polar surface area (TPSA) is 112 Å². The molecule has 0 radical (unpaired) electrons. The molecule has 12 aliphatic rings. The van der Waals surface area contributed by atoms with Crippen LogP contribution in [-0.2, 0) is 30.2 Å². The summed E-state index contributed by atoms with van der Waals surface area (Å²) in [7, 11) is 1.82. The predicted octanol–water partition coefficient (Wildman–Crippen LogP) is 4.60. The molecule has 4 saturated heterocycles. The van der Waals surface area contributed by atoms with E-state index in [4.69, 9.17) is 20.9 Å². The van der Waals surface area contributed by atoms with E-state index in [1.54, 1.807) is 22.3 Å². The van der Waals surface area contributed by atoms with E-state index in [0.717, 1.165) is 65.6 Å². The number of piperidine rings is 2. The van der Waals surface area contributed by atoms with Gasteiger partial charge in [-0.1, -0.05) is 42.5 Å². The van der Waals surface area contributed by atoms with E-state index in [-0.39, 0.29) is 66.3 Å². The number of aromatic hydroxyl groups is 1. The molecule has 10 fully saturated rings. The molecule has 69 heavy (non-hydrogen) atoms. The quantitative estimate of drug-likeness (QED) is 0.217. The van der Waals surface area contributed by atoms with Crippen LogP contribution in [0.1, 0.15) is 116 Å². The van der Waals surface area contributed by atoms with Gasteiger partial charge in [-0.3, -0.25) is 14.7 Å². The predicted molar refractivity (Wildman–Crippen MR) is 275 cm³/mol. The minimum absolute atomic E-state index is 0. The molecule has 12 unspecified atom stereocenters. The molecule has 0 amide bonds. The third-order valence-electron chi connectivity index (χ3n) is 21.5. The van der Waals surface area contributed by atoms with E-state index in [9.17, 15) is 5.11 Å². The second kappa shape index (κ2) is 19.1. The van der Waals surface area contributed by atoms with Crippen molar-refractivity contribution in [1.29, 1.82) is 0 Å². The molecule has 3 aromatic rings. The minimum Gasteiger partial charge on any atom is -1.00 e. The average molecular weight is 959 g/mol. The summed E-state index contributed by atoms with van der Waals surface area (Å²) in [6.45, 7) is 12.9. The van der Waals surface area contributed by atoms with Crippen LogP contribution >= 0.6 is 0 Å². The normalized spacial score (nSPS) is 38.9. The van der Waals surface area contributed by atoms with Gasteiger partial charge >= 0.3 is 56.6 Å². The molecule has 12 atom stereocenters. The van der Waals surface area contributed by atoms with E-state index >= 15 is 0 Å². The fourth-order valence-corrected chi connectivity index (χ4v) is 19.4. The summed E-state index contributed by atoms with van der Waals surface area (Å²) in [5, 5.41) is 14.3. The number of methoxy groups -OCH3 is 1. The summed E-state index contributed by atoms with van der Waals surface area (Å²) in [4.78, 5) is 8.79. The standard InChI is InChI=1S/C33H42N2O2.C23H30N2O.C2H8N2.Ca.Li.3H/c1-3-37-31-27(36-2)12-11-24-17-28-32-14-13-26-29(25(18-32)21-35(26)20-22-7-5-4-6-8-22)33(32,30(24)31)15-16-34(28)19-23-9-10-23;26-17-4-3-15-9-20-22-6-5-19-21(16(11-22)12-24-19)23(22,18(15)10-17)7-8-25(20)13-14-1-2-14;3-1-2-4;;;;;/h4-8,11-12,23,25-26,28-29H,3,9-10,13-21H2,1-2H3;3-4,10,14,16,19-21,24,26H,1-2,5-9,11-13H2;1-4H2;;;;;/q;;;+2;+1;3*-1. The van der Waals surface area contributed by atoms with Crippen LogP contribution in [0.25, 0.3) is 0 Å². The molecular formula is C58H83CaLiN6O3. The molecule has 6 N–H and O–H groups in total. The molecule has 3 aromatic carbocycles. The molecule has 9 nitrogen and oxygen atoms in total. The number of hydrogen-bond donors (Lipinski definition) is 4. The maximum atomic E-state index is 10.4. The van der Waals surface area contributed by atoms with Crippen molar-refractivity contribution in [3.8, 4) is 17.2 Å². The van der Waals surface area contributed by atoms with E-state index in [1.807, 2.05) is 13.2 Å². The van der Waals surface area contributed by atoms with Gasteiger partial charge in [0.2, 0.25) is 0 Å². The van der Waals surface area contributed by atoms with Gasteiger partial charge < -0.3 is 35.6 Å². The van der Waals surface area contributed by atoms with E-state index < -0.39 is 0 Å². The van der Waals surface area contributed by atoms with Crippen LogP contribution in [0, 0.1) is 46.3 Å². The first-order valence-corrected chi connectivity index (χ1v) is 27.4. The molecule has 8 bridgehead atoms. The fraction of sp³-hybridized carbons (Fsp3) is 0.690. The Morgan fingerprint density at radius 3 is 2.09 bits per heavy atom. The second-order valence-electron chi connectivity index (χ2n) is 24.1. The maximum absolute atomic E-state index is 10.4. The molecule has 15 rings (SSSR count). The average Bonchev–Trinajstić information content (AvgIpc) is 4.24. The summed E-state index contributed by atoms with van der Waals surface area (Å²) in [6.07, 6.45) is 19.2. The van der Waals surface area contributed by atoms with Crippen molar-refractivity contribution >= 4 is 37.7 Å². The zero-order valence-electron chi connectivity index (χ0n) is 45.5. The van der Waals surface area contributed by atoms with Crippen LogP contribution < -0.4 is 45.1 Å². The Balaban J connectivity index is 0.000000175. The Hall–Kier alpha value is -1.32. The third kappa shape index (κ3) is 7.44. The summed E-state index contributed by atoms with van der Waals surface area (Å²) in [6, 6.07) is 25.0. The number of fused-ring (bicyclic) bond motifs is 2. The van der Waals surface area contributed by atoms with Gasteiger partial charge in [0, 0.05) is 79.8 Å². The molecular weight excluding hydrogens is 876 g/mol. The molecule has 4 aliphatic heterocycles. The van der Waals surface area contributed by atoms with Gasteiger partial charge in [0.15, 0.2) is 11.5 Å². The zero-order chi connectivity index (χ0) is 45.3. The molecule has 11 heteroatoms. The number of nitrogens with one attached hydrogen (secondary N) is 1. The first-order chi connectivity index (χ1) is 32.8. The van der Waals surface area contributed by atoms with Crippen molar-refractivity contribution in [1.82, 2.24) is 20.0 Å². The van der Waals surface area contributed by atoms with Crippen LogP contribution in [-0.4, -0.2) is 148 Å². The number of nitrogens with two attached hydrogens (primary N) is 2. The van der Waals surface area contributed by atoms with E-state index in [1.165, 1.54) is 135 Å². The number of rotatable bonds is 10. The zero-order valence-corrected chi connectivity index (χ0v) is 44.7. The van der Waals surface area contributed by atoms with Crippen molar-refractivity contribution in [2.24, 2.45) is 57.8 Å². The summed E-state index contributed by atoms with van der Waals surface area (Å²) < 4.78 is 12.5. The fourth-order valence-electron chi connectivity index (χ4n) is 19.4. The van der Waals surface area contributed by atoms with Gasteiger partial charge in [-0.25, -0.2) is 0 Å². The number of likely N-dealkylation sites (tertiary alicyclic amines) is 3. The van der Waals surface area contributed by atoms with Crippen LogP contribution in [0.2, 0.25) is 0 Å². The molecule has 4 heterocycles. The summed E-state index contributed by atoms with van der Waals surface area (Å²) >= 11 is 0. The van der Waals surface area contributed by atoms with Gasteiger partial charge in [-0.2, -0.15) is 0 Å². The van der Waals surface area contributed by atoms with Gasteiger partial charge in [0.25, 0.3) is 0 Å². The smallest absolute Gasteiger partial charge is 1.00 e. The number of benzene rings is 3. The summed E-state index contributed by atoms with van der Waals surface area (Å²) in [5.74, 6) is 7.66. The number of nitrogens with zero attached hydrogens (tertiary/aromatic N) is 3. The van der Waals surface area contributed by atoms with Gasteiger partial charge in [-0.15, -0.1) is 0 Å². The minimum atomic E-state index is 0. The van der Waals surface area contributed by atoms with E-state index in [2.05, 4.69) is 81.5 Å². The Morgan fingerprint density at radius 2 is 1.41 bits per heavy atom. The van der Waals surface area contributed by atoms with Gasteiger partial charge in [0.05, 0.1) is 13.7 Å². The Labute approximate surface area is 459 Å². The Kier molecular flexibility index (Phi) is 13.8. The molecule has 8 aliphatic carbocycles. The van der Waals surface area contributed by atoms with Crippen molar-refractivity contribution in [3.05, 3.63) is 88.5 Å². The monoisotopic (exact) mass is 959 g/mol. The van der Waals surface area contributed by atoms with Gasteiger partial charge in [-0.05, 0) is 203 Å². The number of ether oxygens (including phenoxy) is 2. The van der Waals surface area contributed by atoms with Crippen LogP contribution in [0.5, 0.6) is 17.2 Å². The first kappa shape index (κ1) is 49.9. The SMILES string of the molecule is CCOc1c(OC)ccc2c1C13CCN(CC4CC4)C(C2)C12CCC1C3C(CN1Cc1ccccc1)C2.NCCN.Oc1ccc2c(c1)C13CCN(CC4CC4)C(C2)C12CCC1NCC(C2)C13.[Ca+2].[H-].[H-].[H-].[Li+]. The van der Waals surface area contributed by atoms with Crippen LogP contribution in [0.3, 0.4) is 0 Å². The molecule has 0 aromatic heterocycles. The summed E-state index contributed by atoms with van der Waals surface area (Å²) in [5.41, 5.74) is 19.0. The van der Waals surface area contributed by atoms with Crippen LogP contribution in [0.15, 0.2) is 60.7 Å². The second-order valence-corrected chi connectivity index (χ2v) is 24.1. The largest absolute Gasteiger partial charge is 2.00 e. The van der Waals surface area contributed by atoms with Crippen LogP contribution in [0.4, 0.5) is 0 Å². The number of phenolic OH excluding ortho intramolecular Hbond substituents is 1. The van der Waals surface area contributed by atoms with Crippen molar-refractivity contribution < 1.29 is 37.7 Å². The molecule has 366 valence electrons. The maximum Gasteiger partial charge on any atom is 2.00 e. The number of hydrogen-bond acceptors (Lipinski definition) is 9. The van der Waals surface area contributed by atoms with Crippen molar-refractivity contribution in [3.63, 3.8) is 0 Å². The van der Waals surface area contributed by atoms with E-state index in [0.29, 0.717) is 53.8 Å². The first-order valence-electron chi connectivity index (χ1n) is 27.4. The third-order valence-corrected chi connectivity index (χ3v) is 21.5. The number of phenols is 1. The molecule has 6 saturated carbocycles. The van der Waals surface area contributed by atoms with Crippen molar-refractivity contribution in [2.75, 3.05) is 66.1 Å². The molecule has 0 spiro atoms. The van der Waals surface area contributed by atoms with Gasteiger partial charge in [0.1, 0.15) is 5.75 Å². The Bertz CT molecular complexity index is 2370. The Morgan fingerprint density at radius 1 is 0.754 bits per heavy atom. The van der Waals surface area contributed by atoms with Crippen molar-refractivity contribution in [2.45, 2.75) is 138 Å².